The Balaban J connectivity index is 2.38. The lowest BCUT2D eigenvalue weighted by atomic mass is 9.84. The van der Waals surface area contributed by atoms with Crippen LogP contribution in [-0.4, -0.2) is 18.0 Å². The molecule has 0 spiro atoms. The van der Waals surface area contributed by atoms with Gasteiger partial charge in [0.15, 0.2) is 0 Å². The first-order valence-corrected chi connectivity index (χ1v) is 7.12. The summed E-state index contributed by atoms with van der Waals surface area (Å²) in [5.41, 5.74) is 5.94. The van der Waals surface area contributed by atoms with Gasteiger partial charge < -0.3 is 11.1 Å². The van der Waals surface area contributed by atoms with Crippen molar-refractivity contribution in [3.63, 3.8) is 0 Å². The summed E-state index contributed by atoms with van der Waals surface area (Å²) < 4.78 is 0. The van der Waals surface area contributed by atoms with E-state index in [1.54, 1.807) is 0 Å². The Morgan fingerprint density at radius 1 is 1.29 bits per heavy atom. The second-order valence-electron chi connectivity index (χ2n) is 5.61. The number of hydrogen-bond donors (Lipinski definition) is 2. The number of carbonyl (C=O) groups excluding carboxylic acids is 1. The van der Waals surface area contributed by atoms with E-state index in [2.05, 4.69) is 19.2 Å². The summed E-state index contributed by atoms with van der Waals surface area (Å²) in [5.74, 6) is 0.933. The monoisotopic (exact) mass is 240 g/mol. The number of nitrogens with one attached hydrogen (secondary N) is 1. The average molecular weight is 240 g/mol. The summed E-state index contributed by atoms with van der Waals surface area (Å²) >= 11 is 0. The van der Waals surface area contributed by atoms with Gasteiger partial charge in [0.2, 0.25) is 5.91 Å². The van der Waals surface area contributed by atoms with E-state index in [9.17, 15) is 4.79 Å². The lowest BCUT2D eigenvalue weighted by Crippen LogP contribution is -2.49. The lowest BCUT2D eigenvalue weighted by Gasteiger charge is -2.29. The first kappa shape index (κ1) is 14.5. The largest absolute Gasteiger partial charge is 0.352 e. The van der Waals surface area contributed by atoms with Crippen molar-refractivity contribution in [3.8, 4) is 0 Å². The normalized spacial score (nSPS) is 22.8. The average Bonchev–Trinajstić information content (AvgIpc) is 2.37. The van der Waals surface area contributed by atoms with Gasteiger partial charge in [-0.1, -0.05) is 39.5 Å². The van der Waals surface area contributed by atoms with E-state index in [4.69, 9.17) is 5.73 Å². The molecule has 1 aliphatic rings. The van der Waals surface area contributed by atoms with E-state index >= 15 is 0 Å². The Labute approximate surface area is 106 Å². The SMILES string of the molecule is CCC(C)C(N)C(=O)NC(C)C1CCCCC1. The molecule has 0 radical (unpaired) electrons. The number of hydrogen-bond acceptors (Lipinski definition) is 2. The fourth-order valence-electron chi connectivity index (χ4n) is 2.58. The predicted molar refractivity (Wildman–Crippen MR) is 71.6 cm³/mol. The molecule has 1 aliphatic carbocycles. The summed E-state index contributed by atoms with van der Waals surface area (Å²) in [4.78, 5) is 12.0. The topological polar surface area (TPSA) is 55.1 Å². The Kier molecular flexibility index (Phi) is 5.96. The third kappa shape index (κ3) is 4.30. The van der Waals surface area contributed by atoms with Gasteiger partial charge in [-0.3, -0.25) is 4.79 Å². The van der Waals surface area contributed by atoms with Crippen LogP contribution in [0.2, 0.25) is 0 Å². The van der Waals surface area contributed by atoms with Gasteiger partial charge in [-0.2, -0.15) is 0 Å². The number of carbonyl (C=O) groups is 1. The highest BCUT2D eigenvalue weighted by atomic mass is 16.2. The van der Waals surface area contributed by atoms with Crippen LogP contribution in [0, 0.1) is 11.8 Å². The maximum atomic E-state index is 12.0. The molecule has 1 fully saturated rings. The zero-order chi connectivity index (χ0) is 12.8. The van der Waals surface area contributed by atoms with Gasteiger partial charge in [0.25, 0.3) is 0 Å². The van der Waals surface area contributed by atoms with E-state index in [-0.39, 0.29) is 23.9 Å². The molecule has 1 rings (SSSR count). The van der Waals surface area contributed by atoms with E-state index in [1.165, 1.54) is 32.1 Å². The highest BCUT2D eigenvalue weighted by Gasteiger charge is 2.25. The summed E-state index contributed by atoms with van der Waals surface area (Å²) in [5, 5.41) is 3.10. The molecule has 3 nitrogen and oxygen atoms in total. The van der Waals surface area contributed by atoms with Crippen molar-refractivity contribution in [1.29, 1.82) is 0 Å². The van der Waals surface area contributed by atoms with Crippen molar-refractivity contribution >= 4 is 5.91 Å². The Hall–Kier alpha value is -0.570. The molecule has 3 heteroatoms. The number of nitrogens with two attached hydrogens (primary N) is 1. The number of rotatable bonds is 5. The molecule has 1 saturated carbocycles. The van der Waals surface area contributed by atoms with Crippen LogP contribution >= 0.6 is 0 Å². The highest BCUT2D eigenvalue weighted by Crippen LogP contribution is 2.26. The second-order valence-corrected chi connectivity index (χ2v) is 5.61. The molecule has 17 heavy (non-hydrogen) atoms. The van der Waals surface area contributed by atoms with Crippen LogP contribution in [0.4, 0.5) is 0 Å². The van der Waals surface area contributed by atoms with Gasteiger partial charge in [-0.05, 0) is 31.6 Å². The minimum absolute atomic E-state index is 0.0254. The van der Waals surface area contributed by atoms with Crippen LogP contribution in [0.3, 0.4) is 0 Å². The van der Waals surface area contributed by atoms with Crippen molar-refractivity contribution in [3.05, 3.63) is 0 Å². The molecule has 0 aromatic heterocycles. The zero-order valence-electron chi connectivity index (χ0n) is 11.5. The fourth-order valence-corrected chi connectivity index (χ4v) is 2.58. The molecule has 0 heterocycles. The second kappa shape index (κ2) is 7.00. The van der Waals surface area contributed by atoms with Gasteiger partial charge in [0.1, 0.15) is 0 Å². The van der Waals surface area contributed by atoms with Crippen LogP contribution in [0.15, 0.2) is 0 Å². The van der Waals surface area contributed by atoms with Crippen LogP contribution < -0.4 is 11.1 Å². The molecule has 100 valence electrons. The van der Waals surface area contributed by atoms with Crippen molar-refractivity contribution in [2.75, 3.05) is 0 Å². The van der Waals surface area contributed by atoms with Crippen LogP contribution in [0.1, 0.15) is 59.3 Å². The maximum Gasteiger partial charge on any atom is 0.237 e. The molecule has 3 unspecified atom stereocenters. The predicted octanol–water partition coefficient (Wildman–Crippen LogP) is 2.44. The minimum atomic E-state index is -0.356. The third-order valence-corrected chi connectivity index (χ3v) is 4.29. The van der Waals surface area contributed by atoms with Crippen molar-refractivity contribution in [1.82, 2.24) is 5.32 Å². The Bertz CT molecular complexity index is 236. The Morgan fingerprint density at radius 2 is 1.88 bits per heavy atom. The lowest BCUT2D eigenvalue weighted by molar-refractivity contribution is -0.124. The van der Waals surface area contributed by atoms with Crippen LogP contribution in [0.5, 0.6) is 0 Å². The maximum absolute atomic E-state index is 12.0. The first-order chi connectivity index (χ1) is 8.06. The van der Waals surface area contributed by atoms with Crippen LogP contribution in [0.25, 0.3) is 0 Å². The Morgan fingerprint density at radius 3 is 2.41 bits per heavy atom. The van der Waals surface area contributed by atoms with Gasteiger partial charge in [-0.25, -0.2) is 0 Å². The smallest absolute Gasteiger partial charge is 0.237 e. The molecule has 0 aromatic carbocycles. The van der Waals surface area contributed by atoms with Crippen LogP contribution in [-0.2, 0) is 4.79 Å². The molecule has 1 amide bonds. The fraction of sp³-hybridized carbons (Fsp3) is 0.929. The molecular weight excluding hydrogens is 212 g/mol. The molecule has 0 bridgehead atoms. The minimum Gasteiger partial charge on any atom is -0.352 e. The summed E-state index contributed by atoms with van der Waals surface area (Å²) in [6.45, 7) is 6.23. The van der Waals surface area contributed by atoms with E-state index in [0.717, 1.165) is 6.42 Å². The van der Waals surface area contributed by atoms with Gasteiger partial charge in [0, 0.05) is 6.04 Å². The molecule has 3 N–H and O–H groups in total. The highest BCUT2D eigenvalue weighted by molar-refractivity contribution is 5.82. The van der Waals surface area contributed by atoms with Crippen molar-refractivity contribution in [2.45, 2.75) is 71.4 Å². The van der Waals surface area contributed by atoms with Gasteiger partial charge in [-0.15, -0.1) is 0 Å². The molecule has 0 aromatic rings. The summed E-state index contributed by atoms with van der Waals surface area (Å²) in [6, 6.07) is -0.0797. The van der Waals surface area contributed by atoms with E-state index in [0.29, 0.717) is 5.92 Å². The van der Waals surface area contributed by atoms with Crippen molar-refractivity contribution in [2.24, 2.45) is 17.6 Å². The molecule has 3 atom stereocenters. The molecular formula is C14H28N2O. The third-order valence-electron chi connectivity index (χ3n) is 4.29. The standard InChI is InChI=1S/C14H28N2O/c1-4-10(2)13(15)14(17)16-11(3)12-8-6-5-7-9-12/h10-13H,4-9,15H2,1-3H3,(H,16,17). The summed E-state index contributed by atoms with van der Waals surface area (Å²) in [7, 11) is 0. The quantitative estimate of drug-likeness (QED) is 0.775. The van der Waals surface area contributed by atoms with Gasteiger partial charge in [0.05, 0.1) is 6.04 Å². The van der Waals surface area contributed by atoms with Gasteiger partial charge >= 0.3 is 0 Å². The molecule has 0 aliphatic heterocycles. The summed E-state index contributed by atoms with van der Waals surface area (Å²) in [6.07, 6.45) is 7.42. The van der Waals surface area contributed by atoms with Crippen molar-refractivity contribution < 1.29 is 4.79 Å². The first-order valence-electron chi connectivity index (χ1n) is 7.12. The molecule has 0 saturated heterocycles. The van der Waals surface area contributed by atoms with E-state index < -0.39 is 0 Å². The zero-order valence-corrected chi connectivity index (χ0v) is 11.5. The van der Waals surface area contributed by atoms with E-state index in [1.807, 2.05) is 6.92 Å². The number of amides is 1.